The number of hydrogen-bond donors (Lipinski definition) is 2. The highest BCUT2D eigenvalue weighted by Gasteiger charge is 2.62. The van der Waals surface area contributed by atoms with Crippen LogP contribution in [0.4, 0.5) is 4.79 Å². The van der Waals surface area contributed by atoms with Crippen LogP contribution in [0.5, 0.6) is 0 Å². The van der Waals surface area contributed by atoms with Crippen LogP contribution in [-0.2, 0) is 4.74 Å². The maximum absolute atomic E-state index is 12.6. The zero-order chi connectivity index (χ0) is 16.6. The molecule has 1 heterocycles. The molecule has 4 aliphatic rings. The third kappa shape index (κ3) is 1.90. The van der Waals surface area contributed by atoms with Gasteiger partial charge in [0.25, 0.3) is 0 Å². The molecule has 0 aromatic heterocycles. The van der Waals surface area contributed by atoms with Crippen molar-refractivity contribution in [1.29, 1.82) is 0 Å². The molecule has 23 heavy (non-hydrogen) atoms. The monoisotopic (exact) mass is 320 g/mol. The van der Waals surface area contributed by atoms with E-state index in [4.69, 9.17) is 4.74 Å². The SMILES string of the molecule is CC1(C)[C@H](NC(=O)N[C@@H]2C[C@H]3CC[C@@]2(C)C3(C)C)[C@@H]2CCO[C@H]21. The Labute approximate surface area is 140 Å². The Morgan fingerprint density at radius 1 is 1.09 bits per heavy atom. The highest BCUT2D eigenvalue weighted by atomic mass is 16.5. The van der Waals surface area contributed by atoms with Gasteiger partial charge in [0.1, 0.15) is 0 Å². The molecule has 2 bridgehead atoms. The van der Waals surface area contributed by atoms with Crippen molar-refractivity contribution in [3.8, 4) is 0 Å². The number of carbonyl (C=O) groups is 1. The van der Waals surface area contributed by atoms with Crippen LogP contribution >= 0.6 is 0 Å². The van der Waals surface area contributed by atoms with Crippen LogP contribution in [0.1, 0.15) is 60.3 Å². The molecule has 0 unspecified atom stereocenters. The number of carbonyl (C=O) groups excluding carboxylic acids is 1. The molecular weight excluding hydrogens is 288 g/mol. The fourth-order valence-electron chi connectivity index (χ4n) is 6.38. The van der Waals surface area contributed by atoms with Gasteiger partial charge in [0.15, 0.2) is 0 Å². The molecule has 4 nitrogen and oxygen atoms in total. The summed E-state index contributed by atoms with van der Waals surface area (Å²) < 4.78 is 5.82. The number of nitrogens with one attached hydrogen (secondary N) is 2. The van der Waals surface area contributed by atoms with Gasteiger partial charge in [-0.05, 0) is 42.4 Å². The fraction of sp³-hybridized carbons (Fsp3) is 0.947. The zero-order valence-corrected chi connectivity index (χ0v) is 15.2. The third-order valence-electron chi connectivity index (χ3n) is 8.49. The van der Waals surface area contributed by atoms with Gasteiger partial charge in [-0.2, -0.15) is 0 Å². The first-order valence-electron chi connectivity index (χ1n) is 9.36. The molecule has 4 fully saturated rings. The van der Waals surface area contributed by atoms with Crippen molar-refractivity contribution in [2.24, 2.45) is 28.1 Å². The second-order valence-electron chi connectivity index (χ2n) is 9.82. The average molecular weight is 320 g/mol. The molecule has 0 spiro atoms. The maximum atomic E-state index is 12.6. The largest absolute Gasteiger partial charge is 0.377 e. The summed E-state index contributed by atoms with van der Waals surface area (Å²) in [4.78, 5) is 12.6. The van der Waals surface area contributed by atoms with Crippen molar-refractivity contribution in [2.45, 2.75) is 78.5 Å². The van der Waals surface area contributed by atoms with E-state index in [1.807, 2.05) is 0 Å². The van der Waals surface area contributed by atoms with E-state index in [1.165, 1.54) is 12.8 Å². The highest BCUT2D eigenvalue weighted by molar-refractivity contribution is 5.75. The fourth-order valence-corrected chi connectivity index (χ4v) is 6.38. The molecule has 0 aromatic carbocycles. The van der Waals surface area contributed by atoms with Crippen LogP contribution in [-0.4, -0.2) is 30.8 Å². The average Bonchev–Trinajstić information content (AvgIpc) is 3.06. The first kappa shape index (κ1) is 15.7. The van der Waals surface area contributed by atoms with Gasteiger partial charge in [-0.1, -0.05) is 34.6 Å². The molecule has 130 valence electrons. The van der Waals surface area contributed by atoms with Crippen LogP contribution in [0.25, 0.3) is 0 Å². The van der Waals surface area contributed by atoms with Crippen LogP contribution in [0.15, 0.2) is 0 Å². The zero-order valence-electron chi connectivity index (χ0n) is 15.2. The molecule has 3 aliphatic carbocycles. The van der Waals surface area contributed by atoms with Gasteiger partial charge in [-0.3, -0.25) is 0 Å². The molecule has 1 aliphatic heterocycles. The number of fused-ring (bicyclic) bond motifs is 3. The van der Waals surface area contributed by atoms with Gasteiger partial charge in [0.2, 0.25) is 0 Å². The second kappa shape index (κ2) is 4.65. The first-order valence-corrected chi connectivity index (χ1v) is 9.36. The minimum Gasteiger partial charge on any atom is -0.377 e. The van der Waals surface area contributed by atoms with Crippen LogP contribution in [0.2, 0.25) is 0 Å². The smallest absolute Gasteiger partial charge is 0.315 e. The first-order chi connectivity index (χ1) is 10.7. The predicted molar refractivity (Wildman–Crippen MR) is 90.1 cm³/mol. The van der Waals surface area contributed by atoms with E-state index < -0.39 is 0 Å². The van der Waals surface area contributed by atoms with E-state index >= 15 is 0 Å². The molecular formula is C19H32N2O2. The summed E-state index contributed by atoms with van der Waals surface area (Å²) in [5.41, 5.74) is 0.630. The lowest BCUT2D eigenvalue weighted by atomic mass is 9.57. The Hall–Kier alpha value is -0.770. The Morgan fingerprint density at radius 2 is 1.83 bits per heavy atom. The van der Waals surface area contributed by atoms with Crippen molar-refractivity contribution >= 4 is 6.03 Å². The van der Waals surface area contributed by atoms with Gasteiger partial charge in [0.05, 0.1) is 6.10 Å². The molecule has 2 amide bonds. The van der Waals surface area contributed by atoms with Crippen LogP contribution in [0, 0.1) is 28.1 Å². The van der Waals surface area contributed by atoms with Gasteiger partial charge in [-0.15, -0.1) is 0 Å². The van der Waals surface area contributed by atoms with Crippen molar-refractivity contribution in [2.75, 3.05) is 6.61 Å². The minimum atomic E-state index is 0.0306. The molecule has 0 radical (unpaired) electrons. The van der Waals surface area contributed by atoms with Crippen LogP contribution in [0.3, 0.4) is 0 Å². The summed E-state index contributed by atoms with van der Waals surface area (Å²) in [5.74, 6) is 1.26. The van der Waals surface area contributed by atoms with Crippen LogP contribution < -0.4 is 10.6 Å². The summed E-state index contributed by atoms with van der Waals surface area (Å²) in [6.07, 6.45) is 5.10. The van der Waals surface area contributed by atoms with Gasteiger partial charge >= 0.3 is 6.03 Å². The second-order valence-corrected chi connectivity index (χ2v) is 9.82. The summed E-state index contributed by atoms with van der Waals surface area (Å²) in [6.45, 7) is 12.4. The van der Waals surface area contributed by atoms with Crippen molar-refractivity contribution in [3.63, 3.8) is 0 Å². The third-order valence-corrected chi connectivity index (χ3v) is 8.49. The van der Waals surface area contributed by atoms with E-state index in [2.05, 4.69) is 45.3 Å². The van der Waals surface area contributed by atoms with Gasteiger partial charge in [-0.25, -0.2) is 4.79 Å². The minimum absolute atomic E-state index is 0.0306. The van der Waals surface area contributed by atoms with Crippen molar-refractivity contribution in [1.82, 2.24) is 10.6 Å². The Balaban J connectivity index is 1.40. The quantitative estimate of drug-likeness (QED) is 0.820. The van der Waals surface area contributed by atoms with Crippen molar-refractivity contribution in [3.05, 3.63) is 0 Å². The Morgan fingerprint density at radius 3 is 2.43 bits per heavy atom. The summed E-state index contributed by atoms with van der Waals surface area (Å²) >= 11 is 0. The molecule has 4 heteroatoms. The van der Waals surface area contributed by atoms with E-state index in [0.717, 1.165) is 25.4 Å². The number of ether oxygens (including phenoxy) is 1. The normalized spacial score (nSPS) is 48.7. The Kier molecular flexibility index (Phi) is 3.18. The highest BCUT2D eigenvalue weighted by Crippen LogP contribution is 2.65. The molecule has 4 rings (SSSR count). The molecule has 3 saturated carbocycles. The van der Waals surface area contributed by atoms with Crippen molar-refractivity contribution < 1.29 is 9.53 Å². The number of rotatable bonds is 2. The van der Waals surface area contributed by atoms with Gasteiger partial charge in [0, 0.05) is 30.0 Å². The standard InChI is InChI=1S/C19H32N2O2/c1-17(2)14(12-7-9-23-15(12)17)21-16(22)20-13-10-11-6-8-19(13,5)18(11,3)4/h11-15H,6-10H2,1-5H3,(H2,20,21,22)/t11-,12+,13-,14-,15-,19-/m1/s1. The molecule has 0 aromatic rings. The number of amides is 2. The summed E-state index contributed by atoms with van der Waals surface area (Å²) in [7, 11) is 0. The summed E-state index contributed by atoms with van der Waals surface area (Å²) in [5, 5.41) is 6.61. The predicted octanol–water partition coefficient (Wildman–Crippen LogP) is 3.31. The lowest BCUT2D eigenvalue weighted by molar-refractivity contribution is -0.108. The van der Waals surface area contributed by atoms with E-state index in [-0.39, 0.29) is 22.9 Å². The molecule has 2 N–H and O–H groups in total. The maximum Gasteiger partial charge on any atom is 0.315 e. The molecule has 6 atom stereocenters. The summed E-state index contributed by atoms with van der Waals surface area (Å²) in [6, 6.07) is 0.590. The lowest BCUT2D eigenvalue weighted by Crippen LogP contribution is -2.68. The topological polar surface area (TPSA) is 50.4 Å². The molecule has 1 saturated heterocycles. The van der Waals surface area contributed by atoms with E-state index in [9.17, 15) is 4.79 Å². The van der Waals surface area contributed by atoms with E-state index in [1.54, 1.807) is 0 Å². The van der Waals surface area contributed by atoms with Gasteiger partial charge < -0.3 is 15.4 Å². The Bertz CT molecular complexity index is 529. The van der Waals surface area contributed by atoms with E-state index in [0.29, 0.717) is 23.5 Å². The number of urea groups is 1. The number of hydrogen-bond acceptors (Lipinski definition) is 2. The lowest BCUT2D eigenvalue weighted by Gasteiger charge is -2.54.